The molecule has 0 bridgehead atoms. The molecule has 2 aromatic rings. The normalized spacial score (nSPS) is 10.6. The van der Waals surface area contributed by atoms with Crippen LogP contribution in [-0.2, 0) is 6.42 Å². The minimum absolute atomic E-state index is 0.0231. The van der Waals surface area contributed by atoms with Crippen molar-refractivity contribution >= 4 is 5.69 Å². The first-order chi connectivity index (χ1) is 9.22. The predicted octanol–water partition coefficient (Wildman–Crippen LogP) is 1.80. The smallest absolute Gasteiger partial charge is 0.280 e. The molecule has 0 unspecified atom stereocenters. The van der Waals surface area contributed by atoms with Gasteiger partial charge in [-0.25, -0.2) is 0 Å². The van der Waals surface area contributed by atoms with Crippen LogP contribution in [0.4, 0.5) is 5.69 Å². The molecule has 0 atom stereocenters. The number of hydrogen-bond donors (Lipinski definition) is 1. The zero-order chi connectivity index (χ0) is 13.7. The maximum Gasteiger partial charge on any atom is 0.280 e. The van der Waals surface area contributed by atoms with Crippen molar-refractivity contribution in [1.82, 2.24) is 15.5 Å². The number of nitro groups is 1. The van der Waals surface area contributed by atoms with Crippen LogP contribution in [0.5, 0.6) is 0 Å². The van der Waals surface area contributed by atoms with Gasteiger partial charge in [-0.2, -0.15) is 4.98 Å². The molecule has 0 saturated carbocycles. The molecule has 7 heteroatoms. The van der Waals surface area contributed by atoms with E-state index < -0.39 is 4.92 Å². The summed E-state index contributed by atoms with van der Waals surface area (Å²) in [6, 6.07) is 6.35. The van der Waals surface area contributed by atoms with Gasteiger partial charge in [0, 0.05) is 12.5 Å². The van der Waals surface area contributed by atoms with Crippen molar-refractivity contribution in [2.24, 2.45) is 0 Å². The molecule has 0 aliphatic rings. The van der Waals surface area contributed by atoms with Crippen molar-refractivity contribution in [1.29, 1.82) is 0 Å². The molecule has 1 heterocycles. The Morgan fingerprint density at radius 2 is 2.21 bits per heavy atom. The van der Waals surface area contributed by atoms with E-state index in [0.29, 0.717) is 17.9 Å². The molecule has 0 spiro atoms. The van der Waals surface area contributed by atoms with E-state index in [9.17, 15) is 10.1 Å². The lowest BCUT2D eigenvalue weighted by molar-refractivity contribution is -0.384. The quantitative estimate of drug-likeness (QED) is 0.484. The summed E-state index contributed by atoms with van der Waals surface area (Å²) in [6.07, 6.45) is 1.52. The van der Waals surface area contributed by atoms with Gasteiger partial charge < -0.3 is 9.84 Å². The number of benzene rings is 1. The maximum atomic E-state index is 10.9. The zero-order valence-corrected chi connectivity index (χ0v) is 10.5. The predicted molar refractivity (Wildman–Crippen MR) is 68.6 cm³/mol. The van der Waals surface area contributed by atoms with E-state index in [2.05, 4.69) is 15.5 Å². The molecule has 0 aliphatic carbocycles. The standard InChI is InChI=1S/C12H14N4O3/c1-13-8-4-7-11-14-12(15-19-11)9-5-2-3-6-10(9)16(17)18/h2-3,5-6,13H,4,7-8H2,1H3. The Labute approximate surface area is 109 Å². The third-order valence-electron chi connectivity index (χ3n) is 2.63. The third-order valence-corrected chi connectivity index (χ3v) is 2.63. The summed E-state index contributed by atoms with van der Waals surface area (Å²) in [6.45, 7) is 0.850. The van der Waals surface area contributed by atoms with Crippen LogP contribution in [0.25, 0.3) is 11.4 Å². The molecule has 2 rings (SSSR count). The maximum absolute atomic E-state index is 10.9. The fourth-order valence-corrected chi connectivity index (χ4v) is 1.70. The van der Waals surface area contributed by atoms with E-state index in [1.807, 2.05) is 7.05 Å². The minimum atomic E-state index is -0.452. The molecule has 1 N–H and O–H groups in total. The van der Waals surface area contributed by atoms with Crippen LogP contribution in [0.2, 0.25) is 0 Å². The molecule has 7 nitrogen and oxygen atoms in total. The van der Waals surface area contributed by atoms with Crippen LogP contribution in [0.3, 0.4) is 0 Å². The number of nitro benzene ring substituents is 1. The van der Waals surface area contributed by atoms with Gasteiger partial charge in [0.05, 0.1) is 4.92 Å². The average molecular weight is 262 g/mol. The number of nitrogens with zero attached hydrogens (tertiary/aromatic N) is 3. The molecule has 1 aromatic heterocycles. The number of nitrogens with one attached hydrogen (secondary N) is 1. The van der Waals surface area contributed by atoms with Gasteiger partial charge in [0.2, 0.25) is 11.7 Å². The van der Waals surface area contributed by atoms with Crippen molar-refractivity contribution in [2.45, 2.75) is 12.8 Å². The molecular formula is C12H14N4O3. The van der Waals surface area contributed by atoms with Crippen LogP contribution in [0.1, 0.15) is 12.3 Å². The Hall–Kier alpha value is -2.28. The first kappa shape index (κ1) is 13.2. The largest absolute Gasteiger partial charge is 0.339 e. The van der Waals surface area contributed by atoms with Crippen molar-refractivity contribution in [2.75, 3.05) is 13.6 Å². The Bertz CT molecular complexity index is 568. The van der Waals surface area contributed by atoms with Crippen molar-refractivity contribution in [3.8, 4) is 11.4 Å². The Morgan fingerprint density at radius 1 is 1.42 bits per heavy atom. The molecular weight excluding hydrogens is 248 g/mol. The second-order valence-electron chi connectivity index (χ2n) is 3.99. The monoisotopic (exact) mass is 262 g/mol. The molecule has 100 valence electrons. The Balaban J connectivity index is 2.21. The third kappa shape index (κ3) is 3.14. The summed E-state index contributed by atoms with van der Waals surface area (Å²) >= 11 is 0. The first-order valence-electron chi connectivity index (χ1n) is 5.93. The highest BCUT2D eigenvalue weighted by atomic mass is 16.6. The lowest BCUT2D eigenvalue weighted by Gasteiger charge is -1.96. The second-order valence-corrected chi connectivity index (χ2v) is 3.99. The molecule has 0 radical (unpaired) electrons. The zero-order valence-electron chi connectivity index (χ0n) is 10.5. The molecule has 0 saturated heterocycles. The van der Waals surface area contributed by atoms with E-state index in [1.165, 1.54) is 6.07 Å². The summed E-state index contributed by atoms with van der Waals surface area (Å²) in [4.78, 5) is 14.7. The van der Waals surface area contributed by atoms with Gasteiger partial charge >= 0.3 is 0 Å². The van der Waals surface area contributed by atoms with E-state index in [1.54, 1.807) is 18.2 Å². The average Bonchev–Trinajstić information content (AvgIpc) is 2.88. The summed E-state index contributed by atoms with van der Waals surface area (Å²) in [5.41, 5.74) is 0.348. The van der Waals surface area contributed by atoms with Crippen LogP contribution in [-0.4, -0.2) is 28.7 Å². The molecule has 0 aliphatic heterocycles. The SMILES string of the molecule is CNCCCc1nc(-c2ccccc2[N+](=O)[O-])no1. The van der Waals surface area contributed by atoms with Gasteiger partial charge in [-0.15, -0.1) is 0 Å². The van der Waals surface area contributed by atoms with Gasteiger partial charge in [-0.05, 0) is 26.1 Å². The highest BCUT2D eigenvalue weighted by Crippen LogP contribution is 2.27. The summed E-state index contributed by atoms with van der Waals surface area (Å²) in [7, 11) is 1.87. The van der Waals surface area contributed by atoms with Crippen LogP contribution >= 0.6 is 0 Å². The number of aromatic nitrogens is 2. The van der Waals surface area contributed by atoms with Crippen LogP contribution in [0, 0.1) is 10.1 Å². The molecule has 0 fully saturated rings. The van der Waals surface area contributed by atoms with Gasteiger partial charge in [-0.3, -0.25) is 10.1 Å². The lowest BCUT2D eigenvalue weighted by Crippen LogP contribution is -2.08. The Morgan fingerprint density at radius 3 is 2.95 bits per heavy atom. The summed E-state index contributed by atoms with van der Waals surface area (Å²) in [5.74, 6) is 0.746. The number of hydrogen-bond acceptors (Lipinski definition) is 6. The van der Waals surface area contributed by atoms with Crippen LogP contribution in [0.15, 0.2) is 28.8 Å². The van der Waals surface area contributed by atoms with E-state index >= 15 is 0 Å². The topological polar surface area (TPSA) is 94.1 Å². The van der Waals surface area contributed by atoms with Gasteiger partial charge in [0.25, 0.3) is 5.69 Å². The lowest BCUT2D eigenvalue weighted by atomic mass is 10.2. The van der Waals surface area contributed by atoms with Gasteiger partial charge in [0.1, 0.15) is 5.56 Å². The van der Waals surface area contributed by atoms with E-state index in [0.717, 1.165) is 13.0 Å². The summed E-state index contributed by atoms with van der Waals surface area (Å²) in [5, 5.41) is 17.7. The van der Waals surface area contributed by atoms with E-state index in [-0.39, 0.29) is 11.5 Å². The highest BCUT2D eigenvalue weighted by molar-refractivity contribution is 5.67. The van der Waals surface area contributed by atoms with Gasteiger partial charge in [0.15, 0.2) is 0 Å². The minimum Gasteiger partial charge on any atom is -0.339 e. The fourth-order valence-electron chi connectivity index (χ4n) is 1.70. The van der Waals surface area contributed by atoms with Crippen LogP contribution < -0.4 is 5.32 Å². The van der Waals surface area contributed by atoms with Crippen molar-refractivity contribution in [3.05, 3.63) is 40.3 Å². The van der Waals surface area contributed by atoms with Crippen molar-refractivity contribution in [3.63, 3.8) is 0 Å². The summed E-state index contributed by atoms with van der Waals surface area (Å²) < 4.78 is 5.09. The highest BCUT2D eigenvalue weighted by Gasteiger charge is 2.18. The Kier molecular flexibility index (Phi) is 4.19. The van der Waals surface area contributed by atoms with E-state index in [4.69, 9.17) is 4.52 Å². The molecule has 19 heavy (non-hydrogen) atoms. The number of rotatable bonds is 6. The van der Waals surface area contributed by atoms with Crippen molar-refractivity contribution < 1.29 is 9.45 Å². The van der Waals surface area contributed by atoms with Gasteiger partial charge in [-0.1, -0.05) is 17.3 Å². The molecule has 0 amide bonds. The fraction of sp³-hybridized carbons (Fsp3) is 0.333. The second kappa shape index (κ2) is 6.05. The molecule has 1 aromatic carbocycles. The first-order valence-corrected chi connectivity index (χ1v) is 5.93. The number of aryl methyl sites for hydroxylation is 1. The number of para-hydroxylation sites is 1.